The molecule has 3 rings (SSSR count). The van der Waals surface area contributed by atoms with Crippen LogP contribution in [0.25, 0.3) is 0 Å². The van der Waals surface area contributed by atoms with Crippen molar-refractivity contribution in [1.82, 2.24) is 10.2 Å². The number of carbonyl (C=O) groups excluding carboxylic acids is 4. The van der Waals surface area contributed by atoms with Gasteiger partial charge in [0.25, 0.3) is 0 Å². The summed E-state index contributed by atoms with van der Waals surface area (Å²) < 4.78 is 9.89. The number of urea groups is 1. The molecule has 0 saturated carbocycles. The van der Waals surface area contributed by atoms with E-state index in [9.17, 15) is 19.2 Å². The zero-order valence-corrected chi connectivity index (χ0v) is 15.1. The third kappa shape index (κ3) is 4.35. The van der Waals surface area contributed by atoms with Crippen molar-refractivity contribution >= 4 is 23.9 Å². The predicted molar refractivity (Wildman–Crippen MR) is 97.3 cm³/mol. The fraction of sp³-hybridized carbons (Fsp3) is 0.200. The van der Waals surface area contributed by atoms with Gasteiger partial charge in [0.05, 0.1) is 31.3 Å². The highest BCUT2D eigenvalue weighted by Gasteiger charge is 2.28. The molecular formula is C20H18N2O6. The second kappa shape index (κ2) is 8.34. The topological polar surface area (TPSA) is 102 Å². The molecule has 0 bridgehead atoms. The first-order valence-corrected chi connectivity index (χ1v) is 8.49. The van der Waals surface area contributed by atoms with Crippen molar-refractivity contribution in [1.29, 1.82) is 0 Å². The second-order valence-corrected chi connectivity index (χ2v) is 6.10. The lowest BCUT2D eigenvalue weighted by Gasteiger charge is -2.12. The highest BCUT2D eigenvalue weighted by Crippen LogP contribution is 2.13. The van der Waals surface area contributed by atoms with Crippen LogP contribution in [0.5, 0.6) is 0 Å². The summed E-state index contributed by atoms with van der Waals surface area (Å²) in [4.78, 5) is 47.8. The maximum absolute atomic E-state index is 12.2. The lowest BCUT2D eigenvalue weighted by atomic mass is 10.1. The van der Waals surface area contributed by atoms with Crippen LogP contribution < -0.4 is 5.32 Å². The second-order valence-electron chi connectivity index (χ2n) is 6.10. The standard InChI is InChI=1S/C20H18N2O6/c1-27-18(24)15-8-4-14(5-9-15)12-28-19(25)16-6-2-13(3-7-16)11-22-17(23)10-21-20(22)26/h2-9H,10-12H2,1H3,(H,21,26). The maximum Gasteiger partial charge on any atom is 0.338 e. The van der Waals surface area contributed by atoms with Crippen molar-refractivity contribution in [2.45, 2.75) is 13.2 Å². The van der Waals surface area contributed by atoms with Gasteiger partial charge in [-0.15, -0.1) is 0 Å². The Kier molecular flexibility index (Phi) is 5.69. The minimum absolute atomic E-state index is 0.00382. The van der Waals surface area contributed by atoms with E-state index in [1.54, 1.807) is 48.5 Å². The Bertz CT molecular complexity index is 889. The molecule has 144 valence electrons. The van der Waals surface area contributed by atoms with Gasteiger partial charge in [-0.05, 0) is 35.4 Å². The number of rotatable bonds is 6. The van der Waals surface area contributed by atoms with E-state index < -0.39 is 18.0 Å². The number of imide groups is 1. The molecule has 2 aromatic carbocycles. The van der Waals surface area contributed by atoms with Crippen molar-refractivity contribution in [3.05, 3.63) is 70.8 Å². The molecular weight excluding hydrogens is 364 g/mol. The molecule has 8 nitrogen and oxygen atoms in total. The van der Waals surface area contributed by atoms with Gasteiger partial charge in [-0.25, -0.2) is 14.4 Å². The Morgan fingerprint density at radius 3 is 2.04 bits per heavy atom. The van der Waals surface area contributed by atoms with Crippen LogP contribution in [0.3, 0.4) is 0 Å². The zero-order valence-electron chi connectivity index (χ0n) is 15.1. The van der Waals surface area contributed by atoms with Gasteiger partial charge < -0.3 is 14.8 Å². The van der Waals surface area contributed by atoms with Crippen molar-refractivity contribution < 1.29 is 28.7 Å². The highest BCUT2D eigenvalue weighted by atomic mass is 16.5. The Morgan fingerprint density at radius 2 is 1.50 bits per heavy atom. The van der Waals surface area contributed by atoms with Gasteiger partial charge in [-0.1, -0.05) is 24.3 Å². The number of esters is 2. The molecule has 1 saturated heterocycles. The quantitative estimate of drug-likeness (QED) is 0.605. The van der Waals surface area contributed by atoms with E-state index in [4.69, 9.17) is 4.74 Å². The summed E-state index contributed by atoms with van der Waals surface area (Å²) in [6.07, 6.45) is 0. The molecule has 0 atom stereocenters. The average molecular weight is 382 g/mol. The number of benzene rings is 2. The predicted octanol–water partition coefficient (Wildman–Crippen LogP) is 1.88. The van der Waals surface area contributed by atoms with Crippen molar-refractivity contribution in [2.24, 2.45) is 0 Å². The van der Waals surface area contributed by atoms with Crippen LogP contribution in [0.1, 0.15) is 31.8 Å². The van der Waals surface area contributed by atoms with Gasteiger partial charge in [0, 0.05) is 0 Å². The Labute approximate surface area is 161 Å². The molecule has 1 fully saturated rings. The van der Waals surface area contributed by atoms with Gasteiger partial charge in [-0.2, -0.15) is 0 Å². The average Bonchev–Trinajstić information content (AvgIpc) is 3.04. The lowest BCUT2D eigenvalue weighted by molar-refractivity contribution is -0.125. The fourth-order valence-electron chi connectivity index (χ4n) is 2.63. The monoisotopic (exact) mass is 382 g/mol. The van der Waals surface area contributed by atoms with Crippen LogP contribution in [0, 0.1) is 0 Å². The summed E-state index contributed by atoms with van der Waals surface area (Å²) in [7, 11) is 1.31. The third-order valence-corrected chi connectivity index (χ3v) is 4.21. The SMILES string of the molecule is COC(=O)c1ccc(COC(=O)c2ccc(CN3C(=O)CNC3=O)cc2)cc1. The van der Waals surface area contributed by atoms with Crippen LogP contribution in [0.15, 0.2) is 48.5 Å². The molecule has 1 N–H and O–H groups in total. The van der Waals surface area contributed by atoms with Crippen LogP contribution in [0.2, 0.25) is 0 Å². The van der Waals surface area contributed by atoms with E-state index in [-0.39, 0.29) is 25.6 Å². The third-order valence-electron chi connectivity index (χ3n) is 4.21. The summed E-state index contributed by atoms with van der Waals surface area (Å²) in [5.41, 5.74) is 2.22. The number of carbonyl (C=O) groups is 4. The Hall–Kier alpha value is -3.68. The molecule has 0 radical (unpaired) electrons. The van der Waals surface area contributed by atoms with Crippen molar-refractivity contribution in [3.8, 4) is 0 Å². The summed E-state index contributed by atoms with van der Waals surface area (Å²) in [5, 5.41) is 2.45. The first-order valence-electron chi connectivity index (χ1n) is 8.49. The summed E-state index contributed by atoms with van der Waals surface area (Å²) >= 11 is 0. The van der Waals surface area contributed by atoms with Gasteiger partial charge in [-0.3, -0.25) is 9.69 Å². The summed E-state index contributed by atoms with van der Waals surface area (Å²) in [5.74, 6) is -1.22. The zero-order chi connectivity index (χ0) is 20.1. The normalized spacial score (nSPS) is 13.2. The lowest BCUT2D eigenvalue weighted by Crippen LogP contribution is -2.30. The molecule has 1 heterocycles. The largest absolute Gasteiger partial charge is 0.465 e. The highest BCUT2D eigenvalue weighted by molar-refractivity contribution is 6.01. The number of hydrogen-bond donors (Lipinski definition) is 1. The Balaban J connectivity index is 1.55. The van der Waals surface area contributed by atoms with Gasteiger partial charge in [0.2, 0.25) is 5.91 Å². The van der Waals surface area contributed by atoms with Crippen LogP contribution >= 0.6 is 0 Å². The maximum atomic E-state index is 12.2. The molecule has 2 aromatic rings. The van der Waals surface area contributed by atoms with Crippen molar-refractivity contribution in [3.63, 3.8) is 0 Å². The molecule has 8 heteroatoms. The number of amides is 3. The number of ether oxygens (including phenoxy) is 2. The molecule has 0 unspecified atom stereocenters. The first kappa shape index (κ1) is 19.1. The van der Waals surface area contributed by atoms with Crippen molar-refractivity contribution in [2.75, 3.05) is 13.7 Å². The molecule has 1 aliphatic heterocycles. The molecule has 1 aliphatic rings. The molecule has 0 spiro atoms. The number of nitrogens with zero attached hydrogens (tertiary/aromatic N) is 1. The smallest absolute Gasteiger partial charge is 0.338 e. The first-order chi connectivity index (χ1) is 13.5. The number of hydrogen-bond acceptors (Lipinski definition) is 6. The van der Waals surface area contributed by atoms with Crippen LogP contribution in [0.4, 0.5) is 4.79 Å². The minimum atomic E-state index is -0.501. The Morgan fingerprint density at radius 1 is 0.929 bits per heavy atom. The summed E-state index contributed by atoms with van der Waals surface area (Å²) in [6, 6.07) is 12.6. The van der Waals surface area contributed by atoms with Gasteiger partial charge in [0.1, 0.15) is 6.61 Å². The van der Waals surface area contributed by atoms with E-state index in [2.05, 4.69) is 10.1 Å². The molecule has 0 aromatic heterocycles. The van der Waals surface area contributed by atoms with E-state index in [0.29, 0.717) is 11.1 Å². The van der Waals surface area contributed by atoms with E-state index in [0.717, 1.165) is 16.0 Å². The molecule has 0 aliphatic carbocycles. The molecule has 28 heavy (non-hydrogen) atoms. The number of nitrogens with one attached hydrogen (secondary N) is 1. The van der Waals surface area contributed by atoms with E-state index >= 15 is 0 Å². The summed E-state index contributed by atoms with van der Waals surface area (Å²) in [6.45, 7) is 0.209. The van der Waals surface area contributed by atoms with Crippen LogP contribution in [-0.4, -0.2) is 42.4 Å². The van der Waals surface area contributed by atoms with Gasteiger partial charge in [0.15, 0.2) is 0 Å². The van der Waals surface area contributed by atoms with E-state index in [1.165, 1.54) is 7.11 Å². The fourth-order valence-corrected chi connectivity index (χ4v) is 2.63. The van der Waals surface area contributed by atoms with Crippen LogP contribution in [-0.2, 0) is 27.4 Å². The van der Waals surface area contributed by atoms with Gasteiger partial charge >= 0.3 is 18.0 Å². The number of methoxy groups -OCH3 is 1. The van der Waals surface area contributed by atoms with E-state index in [1.807, 2.05) is 0 Å². The molecule has 3 amide bonds. The minimum Gasteiger partial charge on any atom is -0.465 e.